The van der Waals surface area contributed by atoms with E-state index in [1.807, 2.05) is 31.2 Å². The normalized spacial score (nSPS) is 14.8. The Morgan fingerprint density at radius 2 is 1.91 bits per heavy atom. The third-order valence-corrected chi connectivity index (χ3v) is 3.83. The maximum Gasteiger partial charge on any atom is 0.257 e. The standard InChI is InChI=1S/C16H22N4O2S/c1-12-6-8-13(9-7-12)17-16(23)19-18-14(21)11-20-10-4-2-3-5-15(20)22/h6-9H,2-5,10-11H2,1H3,(H,18,21)(H2,17,19,23). The molecule has 1 aromatic rings. The quantitative estimate of drug-likeness (QED) is 0.580. The lowest BCUT2D eigenvalue weighted by molar-refractivity contribution is -0.135. The summed E-state index contributed by atoms with van der Waals surface area (Å²) in [5.74, 6) is -0.244. The summed E-state index contributed by atoms with van der Waals surface area (Å²) >= 11 is 5.12. The molecule has 0 aromatic heterocycles. The van der Waals surface area contributed by atoms with Crippen molar-refractivity contribution in [2.75, 3.05) is 18.4 Å². The van der Waals surface area contributed by atoms with E-state index >= 15 is 0 Å². The van der Waals surface area contributed by atoms with Crippen LogP contribution >= 0.6 is 12.2 Å². The zero-order valence-electron chi connectivity index (χ0n) is 13.2. The molecule has 0 spiro atoms. The number of aryl methyl sites for hydroxylation is 1. The first-order chi connectivity index (χ1) is 11.0. The number of hydrogen-bond acceptors (Lipinski definition) is 3. The molecular weight excluding hydrogens is 312 g/mol. The Morgan fingerprint density at radius 1 is 1.17 bits per heavy atom. The van der Waals surface area contributed by atoms with E-state index in [9.17, 15) is 9.59 Å². The van der Waals surface area contributed by atoms with Crippen molar-refractivity contribution in [2.45, 2.75) is 32.6 Å². The van der Waals surface area contributed by atoms with E-state index in [0.717, 1.165) is 30.5 Å². The molecule has 23 heavy (non-hydrogen) atoms. The highest BCUT2D eigenvalue weighted by Crippen LogP contribution is 2.10. The minimum atomic E-state index is -0.284. The number of rotatable bonds is 3. The average molecular weight is 334 g/mol. The van der Waals surface area contributed by atoms with E-state index in [-0.39, 0.29) is 18.4 Å². The lowest BCUT2D eigenvalue weighted by Crippen LogP contribution is -2.48. The van der Waals surface area contributed by atoms with Gasteiger partial charge in [0.25, 0.3) is 5.91 Å². The van der Waals surface area contributed by atoms with Gasteiger partial charge in [-0.25, -0.2) is 0 Å². The summed E-state index contributed by atoms with van der Waals surface area (Å²) in [5, 5.41) is 3.27. The van der Waals surface area contributed by atoms with Crippen LogP contribution < -0.4 is 16.2 Å². The fourth-order valence-corrected chi connectivity index (χ4v) is 2.51. The Balaban J connectivity index is 1.73. The van der Waals surface area contributed by atoms with E-state index in [4.69, 9.17) is 12.2 Å². The van der Waals surface area contributed by atoms with Gasteiger partial charge in [-0.2, -0.15) is 0 Å². The second kappa shape index (κ2) is 8.47. The van der Waals surface area contributed by atoms with Crippen LogP contribution in [0.25, 0.3) is 0 Å². The molecule has 6 nitrogen and oxygen atoms in total. The van der Waals surface area contributed by atoms with Gasteiger partial charge in [0.2, 0.25) is 5.91 Å². The van der Waals surface area contributed by atoms with E-state index in [2.05, 4.69) is 16.2 Å². The van der Waals surface area contributed by atoms with Crippen molar-refractivity contribution in [2.24, 2.45) is 0 Å². The van der Waals surface area contributed by atoms with Gasteiger partial charge in [-0.05, 0) is 44.1 Å². The number of amides is 2. The highest BCUT2D eigenvalue weighted by atomic mass is 32.1. The molecule has 0 atom stereocenters. The Hall–Kier alpha value is -2.15. The van der Waals surface area contributed by atoms with Crippen LogP contribution in [-0.4, -0.2) is 34.9 Å². The number of carbonyl (C=O) groups excluding carboxylic acids is 2. The summed E-state index contributed by atoms with van der Waals surface area (Å²) in [4.78, 5) is 25.4. The lowest BCUT2D eigenvalue weighted by atomic mass is 10.2. The van der Waals surface area contributed by atoms with Crippen LogP contribution in [0, 0.1) is 6.92 Å². The Morgan fingerprint density at radius 3 is 2.65 bits per heavy atom. The maximum atomic E-state index is 11.9. The molecule has 1 fully saturated rings. The van der Waals surface area contributed by atoms with Crippen LogP contribution in [0.2, 0.25) is 0 Å². The van der Waals surface area contributed by atoms with Gasteiger partial charge in [0.05, 0.1) is 0 Å². The van der Waals surface area contributed by atoms with Crippen LogP contribution in [0.4, 0.5) is 5.69 Å². The number of carbonyl (C=O) groups is 2. The molecule has 2 amide bonds. The lowest BCUT2D eigenvalue weighted by Gasteiger charge is -2.20. The Bertz CT molecular complexity index is 574. The van der Waals surface area contributed by atoms with E-state index in [1.54, 1.807) is 4.90 Å². The number of likely N-dealkylation sites (tertiary alicyclic amines) is 1. The number of nitrogens with zero attached hydrogens (tertiary/aromatic N) is 1. The van der Waals surface area contributed by atoms with Gasteiger partial charge in [0.1, 0.15) is 6.54 Å². The molecule has 0 aliphatic carbocycles. The summed E-state index contributed by atoms with van der Waals surface area (Å²) in [6.07, 6.45) is 3.40. The van der Waals surface area contributed by atoms with E-state index in [0.29, 0.717) is 18.1 Å². The number of nitrogens with one attached hydrogen (secondary N) is 3. The number of anilines is 1. The van der Waals surface area contributed by atoms with Crippen molar-refractivity contribution in [1.29, 1.82) is 0 Å². The van der Waals surface area contributed by atoms with Crippen LogP contribution in [0.3, 0.4) is 0 Å². The molecule has 0 bridgehead atoms. The molecule has 3 N–H and O–H groups in total. The van der Waals surface area contributed by atoms with Crippen molar-refractivity contribution in [3.05, 3.63) is 29.8 Å². The second-order valence-corrected chi connectivity index (χ2v) is 6.03. The van der Waals surface area contributed by atoms with Crippen LogP contribution in [-0.2, 0) is 9.59 Å². The largest absolute Gasteiger partial charge is 0.333 e. The number of hydrogen-bond donors (Lipinski definition) is 3. The minimum Gasteiger partial charge on any atom is -0.333 e. The fourth-order valence-electron chi connectivity index (χ4n) is 2.34. The summed E-state index contributed by atoms with van der Waals surface area (Å²) in [6, 6.07) is 7.74. The molecule has 0 unspecified atom stereocenters. The van der Waals surface area contributed by atoms with E-state index < -0.39 is 0 Å². The molecule has 0 radical (unpaired) electrons. The van der Waals surface area contributed by atoms with Crippen LogP contribution in [0.15, 0.2) is 24.3 Å². The average Bonchev–Trinajstić information content (AvgIpc) is 2.73. The summed E-state index contributed by atoms with van der Waals surface area (Å²) in [7, 11) is 0. The molecule has 7 heteroatoms. The zero-order valence-corrected chi connectivity index (χ0v) is 14.0. The van der Waals surface area contributed by atoms with Crippen LogP contribution in [0.1, 0.15) is 31.2 Å². The van der Waals surface area contributed by atoms with Gasteiger partial charge < -0.3 is 10.2 Å². The first kappa shape index (κ1) is 17.2. The monoisotopic (exact) mass is 334 g/mol. The van der Waals surface area contributed by atoms with Crippen LogP contribution in [0.5, 0.6) is 0 Å². The van der Waals surface area contributed by atoms with Crippen molar-refractivity contribution >= 4 is 34.8 Å². The molecule has 2 rings (SSSR count). The molecule has 0 saturated carbocycles. The Labute approximate surface area is 141 Å². The predicted octanol–water partition coefficient (Wildman–Crippen LogP) is 1.72. The fraction of sp³-hybridized carbons (Fsp3) is 0.438. The van der Waals surface area contributed by atoms with Gasteiger partial charge >= 0.3 is 0 Å². The topological polar surface area (TPSA) is 73.5 Å². The summed E-state index contributed by atoms with van der Waals surface area (Å²) < 4.78 is 0. The van der Waals surface area contributed by atoms with Gasteiger partial charge in [-0.1, -0.05) is 24.1 Å². The van der Waals surface area contributed by atoms with Crippen molar-refractivity contribution in [1.82, 2.24) is 15.8 Å². The number of thiocarbonyl (C=S) groups is 1. The second-order valence-electron chi connectivity index (χ2n) is 5.62. The summed E-state index contributed by atoms with van der Waals surface area (Å²) in [6.45, 7) is 2.70. The SMILES string of the molecule is Cc1ccc(NC(=S)NNC(=O)CN2CCCCCC2=O)cc1. The maximum absolute atomic E-state index is 11.9. The third kappa shape index (κ3) is 5.86. The minimum absolute atomic E-state index is 0.0398. The molecule has 1 aromatic carbocycles. The van der Waals surface area contributed by atoms with Gasteiger partial charge in [0.15, 0.2) is 5.11 Å². The molecular formula is C16H22N4O2S. The highest BCUT2D eigenvalue weighted by molar-refractivity contribution is 7.80. The van der Waals surface area contributed by atoms with Crippen molar-refractivity contribution in [3.63, 3.8) is 0 Å². The van der Waals surface area contributed by atoms with Crippen molar-refractivity contribution < 1.29 is 9.59 Å². The molecule has 1 saturated heterocycles. The smallest absolute Gasteiger partial charge is 0.257 e. The first-order valence-corrected chi connectivity index (χ1v) is 8.16. The summed E-state index contributed by atoms with van der Waals surface area (Å²) in [5.41, 5.74) is 7.16. The molecule has 1 aliphatic rings. The molecule has 1 aliphatic heterocycles. The van der Waals surface area contributed by atoms with Crippen molar-refractivity contribution in [3.8, 4) is 0 Å². The highest BCUT2D eigenvalue weighted by Gasteiger charge is 2.19. The van der Waals surface area contributed by atoms with Gasteiger partial charge in [0, 0.05) is 18.7 Å². The number of benzene rings is 1. The van der Waals surface area contributed by atoms with E-state index in [1.165, 1.54) is 0 Å². The zero-order chi connectivity index (χ0) is 16.7. The third-order valence-electron chi connectivity index (χ3n) is 3.63. The molecule has 1 heterocycles. The van der Waals surface area contributed by atoms with Gasteiger partial charge in [-0.15, -0.1) is 0 Å². The predicted molar refractivity (Wildman–Crippen MR) is 93.7 cm³/mol. The molecule has 124 valence electrons. The van der Waals surface area contributed by atoms with Gasteiger partial charge in [-0.3, -0.25) is 20.4 Å². The first-order valence-electron chi connectivity index (χ1n) is 7.75. The Kier molecular flexibility index (Phi) is 6.34. The number of hydrazine groups is 1.